The molecule has 3 rings (SSSR count). The number of nitrogens with one attached hydrogen (secondary N) is 1. The molecule has 0 bridgehead atoms. The van der Waals surface area contributed by atoms with Gasteiger partial charge in [0.25, 0.3) is 0 Å². The van der Waals surface area contributed by atoms with Crippen LogP contribution in [0, 0.1) is 5.82 Å². The number of hydrogen-bond donors (Lipinski definition) is 1. The molecule has 0 aliphatic carbocycles. The third-order valence-corrected chi connectivity index (χ3v) is 7.39. The number of halogens is 2. The second-order valence-electron chi connectivity index (χ2n) is 8.65. The first-order chi connectivity index (χ1) is 17.5. The number of amides is 2. The molecule has 0 aliphatic rings. The molecule has 10 heteroatoms. The lowest BCUT2D eigenvalue weighted by molar-refractivity contribution is -0.140. The standard InChI is InChI=1S/C27H29ClFN3O4S/c1-20(27(34)30-16-23-10-6-7-11-25(23)28)32(18-22-12-14-24(29)15-13-22)26(33)19-31(37(2,35)36)17-21-8-4-3-5-9-21/h3-15,20H,16-19H2,1-2H3,(H,30,34)/t20-/m1/s1. The highest BCUT2D eigenvalue weighted by atomic mass is 35.5. The zero-order chi connectivity index (χ0) is 27.0. The molecule has 1 N–H and O–H groups in total. The molecule has 0 fully saturated rings. The third kappa shape index (κ3) is 8.38. The van der Waals surface area contributed by atoms with E-state index >= 15 is 0 Å². The largest absolute Gasteiger partial charge is 0.350 e. The van der Waals surface area contributed by atoms with Gasteiger partial charge < -0.3 is 10.2 Å². The zero-order valence-electron chi connectivity index (χ0n) is 20.6. The van der Waals surface area contributed by atoms with Gasteiger partial charge in [-0.15, -0.1) is 0 Å². The van der Waals surface area contributed by atoms with Crippen LogP contribution >= 0.6 is 11.6 Å². The van der Waals surface area contributed by atoms with E-state index in [0.717, 1.165) is 16.1 Å². The predicted molar refractivity (Wildman–Crippen MR) is 141 cm³/mol. The minimum atomic E-state index is -3.75. The lowest BCUT2D eigenvalue weighted by atomic mass is 10.1. The summed E-state index contributed by atoms with van der Waals surface area (Å²) in [4.78, 5) is 27.8. The highest BCUT2D eigenvalue weighted by Crippen LogP contribution is 2.16. The van der Waals surface area contributed by atoms with E-state index in [4.69, 9.17) is 11.6 Å². The zero-order valence-corrected chi connectivity index (χ0v) is 22.2. The van der Waals surface area contributed by atoms with Crippen LogP contribution in [0.4, 0.5) is 4.39 Å². The van der Waals surface area contributed by atoms with Crippen molar-refractivity contribution >= 4 is 33.4 Å². The van der Waals surface area contributed by atoms with Crippen LogP contribution in [0.3, 0.4) is 0 Å². The van der Waals surface area contributed by atoms with E-state index in [1.165, 1.54) is 29.2 Å². The molecule has 0 radical (unpaired) electrons. The summed E-state index contributed by atoms with van der Waals surface area (Å²) in [6.07, 6.45) is 1.03. The molecule has 0 heterocycles. The van der Waals surface area contributed by atoms with Gasteiger partial charge in [-0.3, -0.25) is 9.59 Å². The molecule has 7 nitrogen and oxygen atoms in total. The van der Waals surface area contributed by atoms with E-state index in [9.17, 15) is 22.4 Å². The number of carbonyl (C=O) groups is 2. The lowest BCUT2D eigenvalue weighted by Crippen LogP contribution is -2.50. The summed E-state index contributed by atoms with van der Waals surface area (Å²) in [5, 5.41) is 3.28. The first kappa shape index (κ1) is 28.3. The van der Waals surface area contributed by atoms with Crippen LogP contribution in [0.25, 0.3) is 0 Å². The van der Waals surface area contributed by atoms with Crippen molar-refractivity contribution in [1.82, 2.24) is 14.5 Å². The van der Waals surface area contributed by atoms with Gasteiger partial charge in [0.1, 0.15) is 11.9 Å². The number of hydrogen-bond acceptors (Lipinski definition) is 4. The van der Waals surface area contributed by atoms with Crippen LogP contribution < -0.4 is 5.32 Å². The topological polar surface area (TPSA) is 86.8 Å². The smallest absolute Gasteiger partial charge is 0.242 e. The molecule has 3 aromatic rings. The minimum Gasteiger partial charge on any atom is -0.350 e. The van der Waals surface area contributed by atoms with E-state index < -0.39 is 40.2 Å². The summed E-state index contributed by atoms with van der Waals surface area (Å²) in [6.45, 7) is 1.25. The van der Waals surface area contributed by atoms with Crippen molar-refractivity contribution in [3.63, 3.8) is 0 Å². The summed E-state index contributed by atoms with van der Waals surface area (Å²) in [6, 6.07) is 20.6. The van der Waals surface area contributed by atoms with Crippen LogP contribution in [0.5, 0.6) is 0 Å². The maximum Gasteiger partial charge on any atom is 0.242 e. The number of nitrogens with zero attached hydrogens (tertiary/aromatic N) is 2. The fraction of sp³-hybridized carbons (Fsp3) is 0.259. The molecular formula is C27H29ClFN3O4S. The average Bonchev–Trinajstić information content (AvgIpc) is 2.87. The molecule has 3 aromatic carbocycles. The molecule has 0 aliphatic heterocycles. The number of benzene rings is 3. The maximum atomic E-state index is 13.5. The Balaban J connectivity index is 1.81. The Labute approximate surface area is 221 Å². The molecule has 0 saturated heterocycles. The van der Waals surface area contributed by atoms with Crippen molar-refractivity contribution in [3.8, 4) is 0 Å². The van der Waals surface area contributed by atoms with Gasteiger partial charge in [0, 0.05) is 24.7 Å². The summed E-state index contributed by atoms with van der Waals surface area (Å²) in [5.74, 6) is -1.44. The van der Waals surface area contributed by atoms with Crippen LogP contribution in [0.15, 0.2) is 78.9 Å². The molecule has 196 valence electrons. The number of carbonyl (C=O) groups excluding carboxylic acids is 2. The van der Waals surface area contributed by atoms with Gasteiger partial charge in [-0.1, -0.05) is 72.3 Å². The number of rotatable bonds is 11. The molecule has 2 amide bonds. The van der Waals surface area contributed by atoms with E-state index in [1.54, 1.807) is 55.5 Å². The van der Waals surface area contributed by atoms with Gasteiger partial charge in [0.15, 0.2) is 0 Å². The van der Waals surface area contributed by atoms with Gasteiger partial charge in [-0.25, -0.2) is 12.8 Å². The molecule has 0 unspecified atom stereocenters. The Morgan fingerprint density at radius 2 is 1.51 bits per heavy atom. The Kier molecular flexibility index (Phi) is 9.79. The van der Waals surface area contributed by atoms with E-state index in [0.29, 0.717) is 16.1 Å². The van der Waals surface area contributed by atoms with E-state index in [-0.39, 0.29) is 19.6 Å². The highest BCUT2D eigenvalue weighted by Gasteiger charge is 2.30. The second kappa shape index (κ2) is 12.8. The number of sulfonamides is 1. The quantitative estimate of drug-likeness (QED) is 0.395. The Morgan fingerprint density at radius 3 is 2.14 bits per heavy atom. The van der Waals surface area contributed by atoms with Crippen LogP contribution in [0.1, 0.15) is 23.6 Å². The fourth-order valence-corrected chi connectivity index (χ4v) is 4.59. The predicted octanol–water partition coefficient (Wildman–Crippen LogP) is 3.97. The summed E-state index contributed by atoms with van der Waals surface area (Å²) in [5.41, 5.74) is 2.03. The van der Waals surface area contributed by atoms with Crippen LogP contribution in [-0.2, 0) is 39.2 Å². The van der Waals surface area contributed by atoms with Crippen molar-refractivity contribution in [2.24, 2.45) is 0 Å². The first-order valence-corrected chi connectivity index (χ1v) is 13.8. The SMILES string of the molecule is C[C@H](C(=O)NCc1ccccc1Cl)N(Cc1ccc(F)cc1)C(=O)CN(Cc1ccccc1)S(C)(=O)=O. The van der Waals surface area contributed by atoms with Crippen molar-refractivity contribution in [1.29, 1.82) is 0 Å². The van der Waals surface area contributed by atoms with Gasteiger partial charge in [-0.05, 0) is 41.8 Å². The Bertz CT molecular complexity index is 1320. The molecular weight excluding hydrogens is 517 g/mol. The molecule has 0 spiro atoms. The van der Waals surface area contributed by atoms with Crippen LogP contribution in [-0.4, -0.2) is 48.3 Å². The van der Waals surface area contributed by atoms with Crippen molar-refractivity contribution in [3.05, 3.63) is 106 Å². The van der Waals surface area contributed by atoms with Gasteiger partial charge in [0.2, 0.25) is 21.8 Å². The van der Waals surface area contributed by atoms with Crippen molar-refractivity contribution in [2.75, 3.05) is 12.8 Å². The maximum absolute atomic E-state index is 13.5. The van der Waals surface area contributed by atoms with Gasteiger partial charge in [-0.2, -0.15) is 4.31 Å². The first-order valence-electron chi connectivity index (χ1n) is 11.6. The monoisotopic (exact) mass is 545 g/mol. The summed E-state index contributed by atoms with van der Waals surface area (Å²) in [7, 11) is -3.75. The Hall–Kier alpha value is -3.27. The normalized spacial score (nSPS) is 12.2. The average molecular weight is 546 g/mol. The van der Waals surface area contributed by atoms with E-state index in [2.05, 4.69) is 5.32 Å². The Morgan fingerprint density at radius 1 is 0.919 bits per heavy atom. The lowest BCUT2D eigenvalue weighted by Gasteiger charge is -2.31. The summed E-state index contributed by atoms with van der Waals surface area (Å²) >= 11 is 6.18. The minimum absolute atomic E-state index is 0.00286. The third-order valence-electron chi connectivity index (χ3n) is 5.83. The van der Waals surface area contributed by atoms with Crippen LogP contribution in [0.2, 0.25) is 5.02 Å². The summed E-state index contributed by atoms with van der Waals surface area (Å²) < 4.78 is 39.5. The highest BCUT2D eigenvalue weighted by molar-refractivity contribution is 7.88. The van der Waals surface area contributed by atoms with Gasteiger partial charge >= 0.3 is 0 Å². The van der Waals surface area contributed by atoms with Gasteiger partial charge in [0.05, 0.1) is 12.8 Å². The van der Waals surface area contributed by atoms with E-state index in [1.807, 2.05) is 6.07 Å². The molecule has 0 aromatic heterocycles. The van der Waals surface area contributed by atoms with Crippen molar-refractivity contribution < 1.29 is 22.4 Å². The van der Waals surface area contributed by atoms with Crippen molar-refractivity contribution in [2.45, 2.75) is 32.6 Å². The second-order valence-corrected chi connectivity index (χ2v) is 11.0. The fourth-order valence-electron chi connectivity index (χ4n) is 3.66. The molecule has 1 atom stereocenters. The molecule has 0 saturated carbocycles. The molecule has 37 heavy (non-hydrogen) atoms.